The molecular formula is C14H21ClN2O2S. The zero-order valence-electron chi connectivity index (χ0n) is 11.4. The van der Waals surface area contributed by atoms with E-state index in [0.717, 1.165) is 32.1 Å². The summed E-state index contributed by atoms with van der Waals surface area (Å²) in [4.78, 5) is 0.438. The monoisotopic (exact) mass is 316 g/mol. The summed E-state index contributed by atoms with van der Waals surface area (Å²) in [6.07, 6.45) is 4.99. The van der Waals surface area contributed by atoms with Gasteiger partial charge in [0.15, 0.2) is 0 Å². The van der Waals surface area contributed by atoms with Crippen LogP contribution in [0.5, 0.6) is 0 Å². The minimum Gasteiger partial charge on any atom is -0.329 e. The normalized spacial score (nSPS) is 22.6. The van der Waals surface area contributed by atoms with Crippen LogP contribution >= 0.6 is 12.4 Å². The molecule has 1 aromatic carbocycles. The van der Waals surface area contributed by atoms with Gasteiger partial charge in [-0.25, -0.2) is 8.42 Å². The summed E-state index contributed by atoms with van der Waals surface area (Å²) >= 11 is 0. The van der Waals surface area contributed by atoms with Crippen molar-refractivity contribution in [3.05, 3.63) is 29.3 Å². The lowest BCUT2D eigenvalue weighted by Gasteiger charge is -2.23. The van der Waals surface area contributed by atoms with Crippen molar-refractivity contribution in [1.29, 1.82) is 0 Å². The number of nitrogens with two attached hydrogens (primary N) is 1. The number of aryl methyl sites for hydroxylation is 2. The first-order valence-electron chi connectivity index (χ1n) is 6.96. The lowest BCUT2D eigenvalue weighted by molar-refractivity contribution is 0.393. The number of rotatable bonds is 3. The van der Waals surface area contributed by atoms with Crippen LogP contribution in [0.15, 0.2) is 23.1 Å². The SMILES string of the molecule is Cl.NCC1CCCN1S(=O)(=O)c1ccc2c(c1)CCC2. The molecule has 112 valence electrons. The highest BCUT2D eigenvalue weighted by molar-refractivity contribution is 7.89. The largest absolute Gasteiger partial charge is 0.329 e. The molecule has 2 N–H and O–H groups in total. The summed E-state index contributed by atoms with van der Waals surface area (Å²) in [6, 6.07) is 5.57. The maximum absolute atomic E-state index is 12.7. The molecule has 1 aromatic rings. The molecule has 1 aliphatic heterocycles. The molecule has 0 aromatic heterocycles. The Morgan fingerprint density at radius 2 is 1.95 bits per heavy atom. The van der Waals surface area contributed by atoms with Crippen molar-refractivity contribution in [3.63, 3.8) is 0 Å². The molecule has 6 heteroatoms. The van der Waals surface area contributed by atoms with E-state index in [2.05, 4.69) is 0 Å². The van der Waals surface area contributed by atoms with E-state index in [-0.39, 0.29) is 18.4 Å². The van der Waals surface area contributed by atoms with Gasteiger partial charge in [-0.3, -0.25) is 0 Å². The van der Waals surface area contributed by atoms with E-state index in [9.17, 15) is 8.42 Å². The van der Waals surface area contributed by atoms with E-state index in [1.807, 2.05) is 12.1 Å². The van der Waals surface area contributed by atoms with Crippen LogP contribution in [0.2, 0.25) is 0 Å². The number of hydrogen-bond donors (Lipinski definition) is 1. The Kier molecular flexibility index (Phi) is 4.74. The van der Waals surface area contributed by atoms with Gasteiger partial charge in [0, 0.05) is 19.1 Å². The quantitative estimate of drug-likeness (QED) is 0.923. The Balaban J connectivity index is 0.00000147. The van der Waals surface area contributed by atoms with Crippen molar-refractivity contribution in [2.75, 3.05) is 13.1 Å². The number of nitrogens with zero attached hydrogens (tertiary/aromatic N) is 1. The molecule has 1 aliphatic carbocycles. The first-order chi connectivity index (χ1) is 9.13. The Morgan fingerprint density at radius 1 is 1.20 bits per heavy atom. The zero-order chi connectivity index (χ0) is 13.5. The van der Waals surface area contributed by atoms with Crippen LogP contribution in [0.1, 0.15) is 30.4 Å². The van der Waals surface area contributed by atoms with Gasteiger partial charge >= 0.3 is 0 Å². The van der Waals surface area contributed by atoms with Gasteiger partial charge in [-0.15, -0.1) is 12.4 Å². The Morgan fingerprint density at radius 3 is 2.70 bits per heavy atom. The van der Waals surface area contributed by atoms with Crippen LogP contribution in [0.4, 0.5) is 0 Å². The van der Waals surface area contributed by atoms with Crippen LogP contribution in [0.3, 0.4) is 0 Å². The standard InChI is InChI=1S/C14H20N2O2S.ClH/c15-10-13-5-2-8-16(13)19(17,18)14-7-6-11-3-1-4-12(11)9-14;/h6-7,9,13H,1-5,8,10,15H2;1H. The minimum absolute atomic E-state index is 0. The summed E-state index contributed by atoms with van der Waals surface area (Å²) in [5.41, 5.74) is 8.18. The number of sulfonamides is 1. The lowest BCUT2D eigenvalue weighted by atomic mass is 10.1. The molecule has 1 unspecified atom stereocenters. The van der Waals surface area contributed by atoms with E-state index >= 15 is 0 Å². The van der Waals surface area contributed by atoms with Gasteiger partial charge < -0.3 is 5.73 Å². The van der Waals surface area contributed by atoms with Crippen molar-refractivity contribution in [2.45, 2.75) is 43.0 Å². The first kappa shape index (κ1) is 15.8. The third kappa shape index (κ3) is 2.60. The second kappa shape index (κ2) is 6.02. The molecular weight excluding hydrogens is 296 g/mol. The van der Waals surface area contributed by atoms with Crippen LogP contribution in [0.25, 0.3) is 0 Å². The minimum atomic E-state index is -3.37. The van der Waals surface area contributed by atoms with Gasteiger partial charge in [0.05, 0.1) is 4.90 Å². The summed E-state index contributed by atoms with van der Waals surface area (Å²) in [7, 11) is -3.37. The summed E-state index contributed by atoms with van der Waals surface area (Å²) in [5.74, 6) is 0. The van der Waals surface area contributed by atoms with Crippen molar-refractivity contribution >= 4 is 22.4 Å². The third-order valence-electron chi connectivity index (χ3n) is 4.27. The van der Waals surface area contributed by atoms with Gasteiger partial charge in [0.1, 0.15) is 0 Å². The molecule has 2 aliphatic rings. The van der Waals surface area contributed by atoms with Crippen molar-refractivity contribution in [2.24, 2.45) is 5.73 Å². The Hall–Kier alpha value is -0.620. The lowest BCUT2D eigenvalue weighted by Crippen LogP contribution is -2.39. The molecule has 1 fully saturated rings. The van der Waals surface area contributed by atoms with Crippen LogP contribution in [-0.2, 0) is 22.9 Å². The van der Waals surface area contributed by atoms with E-state index in [0.29, 0.717) is 18.0 Å². The van der Waals surface area contributed by atoms with Gasteiger partial charge in [-0.1, -0.05) is 6.07 Å². The fraction of sp³-hybridized carbons (Fsp3) is 0.571. The average molecular weight is 317 g/mol. The average Bonchev–Trinajstić information content (AvgIpc) is 3.06. The molecule has 3 rings (SSSR count). The van der Waals surface area contributed by atoms with E-state index in [1.54, 1.807) is 10.4 Å². The molecule has 0 spiro atoms. The maximum Gasteiger partial charge on any atom is 0.243 e. The predicted octanol–water partition coefficient (Wildman–Crippen LogP) is 1.71. The van der Waals surface area contributed by atoms with Gasteiger partial charge in [0.25, 0.3) is 0 Å². The maximum atomic E-state index is 12.7. The second-order valence-electron chi connectivity index (χ2n) is 5.43. The molecule has 1 atom stereocenters. The van der Waals surface area contributed by atoms with Crippen LogP contribution in [-0.4, -0.2) is 31.9 Å². The van der Waals surface area contributed by atoms with Crippen molar-refractivity contribution < 1.29 is 8.42 Å². The fourth-order valence-electron chi connectivity index (χ4n) is 3.21. The molecule has 0 bridgehead atoms. The summed E-state index contributed by atoms with van der Waals surface area (Å²) in [5, 5.41) is 0. The first-order valence-corrected chi connectivity index (χ1v) is 8.40. The topological polar surface area (TPSA) is 63.4 Å². The van der Waals surface area contributed by atoms with E-state index in [4.69, 9.17) is 5.73 Å². The van der Waals surface area contributed by atoms with Gasteiger partial charge in [0.2, 0.25) is 10.0 Å². The highest BCUT2D eigenvalue weighted by atomic mass is 35.5. The molecule has 0 saturated carbocycles. The number of halogens is 1. The van der Waals surface area contributed by atoms with Crippen LogP contribution in [0, 0.1) is 0 Å². The van der Waals surface area contributed by atoms with Crippen LogP contribution < -0.4 is 5.73 Å². The highest BCUT2D eigenvalue weighted by Gasteiger charge is 2.34. The summed E-state index contributed by atoms with van der Waals surface area (Å²) in [6.45, 7) is 1.01. The highest BCUT2D eigenvalue weighted by Crippen LogP contribution is 2.29. The van der Waals surface area contributed by atoms with Crippen molar-refractivity contribution in [3.8, 4) is 0 Å². The smallest absolute Gasteiger partial charge is 0.243 e. The molecule has 0 amide bonds. The fourth-order valence-corrected chi connectivity index (χ4v) is 4.96. The Bertz CT molecular complexity index is 589. The van der Waals surface area contributed by atoms with Gasteiger partial charge in [-0.05, 0) is 55.4 Å². The number of fused-ring (bicyclic) bond motifs is 1. The van der Waals surface area contributed by atoms with Gasteiger partial charge in [-0.2, -0.15) is 4.31 Å². The number of benzene rings is 1. The second-order valence-corrected chi connectivity index (χ2v) is 7.32. The third-order valence-corrected chi connectivity index (χ3v) is 6.22. The van der Waals surface area contributed by atoms with E-state index in [1.165, 1.54) is 11.1 Å². The summed E-state index contributed by atoms with van der Waals surface area (Å²) < 4.78 is 26.9. The predicted molar refractivity (Wildman–Crippen MR) is 81.7 cm³/mol. The van der Waals surface area contributed by atoms with E-state index < -0.39 is 10.0 Å². The molecule has 1 heterocycles. The molecule has 1 saturated heterocycles. The Labute approximate surface area is 126 Å². The number of hydrogen-bond acceptors (Lipinski definition) is 3. The molecule has 4 nitrogen and oxygen atoms in total. The zero-order valence-corrected chi connectivity index (χ0v) is 13.0. The molecule has 20 heavy (non-hydrogen) atoms. The molecule has 0 radical (unpaired) electrons. The van der Waals surface area contributed by atoms with Crippen molar-refractivity contribution in [1.82, 2.24) is 4.31 Å².